The molecule has 0 aliphatic rings. The van der Waals surface area contributed by atoms with Crippen molar-refractivity contribution in [1.82, 2.24) is 10.6 Å². The highest BCUT2D eigenvalue weighted by Crippen LogP contribution is 2.26. The third kappa shape index (κ3) is 8.29. The van der Waals surface area contributed by atoms with Gasteiger partial charge in [0.05, 0.1) is 6.54 Å². The maximum Gasteiger partial charge on any atom is 0.573 e. The number of alkyl halides is 3. The van der Waals surface area contributed by atoms with Crippen molar-refractivity contribution in [3.8, 4) is 11.5 Å². The number of hydrogen-bond acceptors (Lipinski definition) is 4. The number of guanidine groups is 1. The van der Waals surface area contributed by atoms with Crippen LogP contribution in [0.25, 0.3) is 0 Å². The molecule has 0 aliphatic carbocycles. The average Bonchev–Trinajstić information content (AvgIpc) is 2.67. The molecule has 0 saturated carbocycles. The molecule has 162 valence electrons. The molecule has 0 spiro atoms. The van der Waals surface area contributed by atoms with Gasteiger partial charge in [0.2, 0.25) is 5.91 Å². The third-order valence-corrected chi connectivity index (χ3v) is 3.69. The van der Waals surface area contributed by atoms with E-state index in [9.17, 15) is 18.0 Å². The van der Waals surface area contributed by atoms with Gasteiger partial charge in [-0.2, -0.15) is 0 Å². The first-order valence-electron chi connectivity index (χ1n) is 9.05. The van der Waals surface area contributed by atoms with E-state index in [-0.39, 0.29) is 18.2 Å². The SMILES string of the molecule is CN=C(NCCOc1cccc(NC(C)=O)c1)NCc1ccccc1OC(F)(F)F. The van der Waals surface area contributed by atoms with Gasteiger partial charge >= 0.3 is 6.36 Å². The number of rotatable bonds is 8. The number of carbonyl (C=O) groups excluding carboxylic acids is 1. The normalized spacial score (nSPS) is 11.6. The Kier molecular flexibility index (Phi) is 8.33. The van der Waals surface area contributed by atoms with E-state index in [4.69, 9.17) is 4.74 Å². The maximum absolute atomic E-state index is 12.5. The van der Waals surface area contributed by atoms with Gasteiger partial charge in [-0.1, -0.05) is 24.3 Å². The highest BCUT2D eigenvalue weighted by Gasteiger charge is 2.31. The van der Waals surface area contributed by atoms with Crippen molar-refractivity contribution >= 4 is 17.6 Å². The van der Waals surface area contributed by atoms with E-state index < -0.39 is 6.36 Å². The van der Waals surface area contributed by atoms with Crippen LogP contribution < -0.4 is 25.4 Å². The largest absolute Gasteiger partial charge is 0.573 e. The molecule has 2 aromatic carbocycles. The van der Waals surface area contributed by atoms with Gasteiger partial charge in [0.15, 0.2) is 5.96 Å². The van der Waals surface area contributed by atoms with Crippen molar-refractivity contribution < 1.29 is 27.4 Å². The van der Waals surface area contributed by atoms with Crippen LogP contribution in [0.1, 0.15) is 12.5 Å². The number of nitrogens with one attached hydrogen (secondary N) is 3. The Morgan fingerprint density at radius 1 is 1.10 bits per heavy atom. The number of carbonyl (C=O) groups is 1. The predicted octanol–water partition coefficient (Wildman–Crippen LogP) is 3.29. The molecule has 0 unspecified atom stereocenters. The third-order valence-electron chi connectivity index (χ3n) is 3.69. The van der Waals surface area contributed by atoms with Crippen LogP contribution in [0.15, 0.2) is 53.5 Å². The summed E-state index contributed by atoms with van der Waals surface area (Å²) in [5, 5.41) is 8.60. The van der Waals surface area contributed by atoms with E-state index in [0.29, 0.717) is 36.1 Å². The Bertz CT molecular complexity index is 872. The second kappa shape index (κ2) is 10.9. The van der Waals surface area contributed by atoms with E-state index in [1.807, 2.05) is 0 Å². The standard InChI is InChI=1S/C20H23F3N4O3/c1-14(28)27-16-7-5-8-17(12-16)29-11-10-25-19(24-2)26-13-15-6-3-4-9-18(15)30-20(21,22)23/h3-9,12H,10-11,13H2,1-2H3,(H,27,28)(H2,24,25,26). The summed E-state index contributed by atoms with van der Waals surface area (Å²) in [5.74, 6) is 0.540. The number of ether oxygens (including phenoxy) is 2. The van der Waals surface area contributed by atoms with Crippen molar-refractivity contribution in [2.24, 2.45) is 4.99 Å². The highest BCUT2D eigenvalue weighted by atomic mass is 19.4. The fourth-order valence-corrected chi connectivity index (χ4v) is 2.48. The van der Waals surface area contributed by atoms with Crippen LogP contribution in [0.2, 0.25) is 0 Å². The molecule has 3 N–H and O–H groups in total. The summed E-state index contributed by atoms with van der Waals surface area (Å²) >= 11 is 0. The number of anilines is 1. The fourth-order valence-electron chi connectivity index (χ4n) is 2.48. The number of amides is 1. The summed E-state index contributed by atoms with van der Waals surface area (Å²) in [6.07, 6.45) is -4.76. The van der Waals surface area contributed by atoms with E-state index >= 15 is 0 Å². The smallest absolute Gasteiger partial charge is 0.492 e. The average molecular weight is 424 g/mol. The van der Waals surface area contributed by atoms with Crippen LogP contribution >= 0.6 is 0 Å². The molecule has 0 aromatic heterocycles. The minimum Gasteiger partial charge on any atom is -0.492 e. The molecular formula is C20H23F3N4O3. The Morgan fingerprint density at radius 3 is 2.57 bits per heavy atom. The monoisotopic (exact) mass is 424 g/mol. The molecule has 0 saturated heterocycles. The van der Waals surface area contributed by atoms with Crippen LogP contribution in [0.5, 0.6) is 11.5 Å². The van der Waals surface area contributed by atoms with Gasteiger partial charge in [-0.3, -0.25) is 9.79 Å². The van der Waals surface area contributed by atoms with Crippen molar-refractivity contribution in [2.75, 3.05) is 25.5 Å². The lowest BCUT2D eigenvalue weighted by Crippen LogP contribution is -2.39. The van der Waals surface area contributed by atoms with Crippen LogP contribution in [-0.2, 0) is 11.3 Å². The lowest BCUT2D eigenvalue weighted by atomic mass is 10.2. The van der Waals surface area contributed by atoms with Gasteiger partial charge in [0, 0.05) is 37.8 Å². The zero-order chi connectivity index (χ0) is 22.0. The molecule has 0 heterocycles. The van der Waals surface area contributed by atoms with Crippen LogP contribution in [0.4, 0.5) is 18.9 Å². The molecule has 0 atom stereocenters. The number of nitrogens with zero attached hydrogens (tertiary/aromatic N) is 1. The van der Waals surface area contributed by atoms with Crippen molar-refractivity contribution in [3.63, 3.8) is 0 Å². The first kappa shape index (κ1) is 22.9. The zero-order valence-corrected chi connectivity index (χ0v) is 16.5. The molecular weight excluding hydrogens is 401 g/mol. The topological polar surface area (TPSA) is 84.0 Å². The van der Waals surface area contributed by atoms with E-state index in [1.54, 1.807) is 37.4 Å². The van der Waals surface area contributed by atoms with E-state index in [1.165, 1.54) is 25.1 Å². The van der Waals surface area contributed by atoms with Crippen molar-refractivity contribution in [2.45, 2.75) is 19.8 Å². The summed E-state index contributed by atoms with van der Waals surface area (Å²) in [6, 6.07) is 12.8. The van der Waals surface area contributed by atoms with E-state index in [2.05, 4.69) is 25.7 Å². The van der Waals surface area contributed by atoms with Gasteiger partial charge in [-0.05, 0) is 18.2 Å². The molecule has 30 heavy (non-hydrogen) atoms. The molecule has 0 radical (unpaired) electrons. The molecule has 0 bridgehead atoms. The second-order valence-electron chi connectivity index (χ2n) is 6.07. The first-order valence-corrected chi connectivity index (χ1v) is 9.05. The first-order chi connectivity index (χ1) is 14.3. The van der Waals surface area contributed by atoms with Gasteiger partial charge in [-0.15, -0.1) is 13.2 Å². The summed E-state index contributed by atoms with van der Waals surface area (Å²) in [6.45, 7) is 2.21. The Balaban J connectivity index is 1.80. The summed E-state index contributed by atoms with van der Waals surface area (Å²) in [7, 11) is 1.55. The number of halogens is 3. The quantitative estimate of drug-likeness (QED) is 0.344. The Hall–Kier alpha value is -3.43. The number of hydrogen-bond donors (Lipinski definition) is 3. The number of benzene rings is 2. The van der Waals surface area contributed by atoms with Crippen LogP contribution in [-0.4, -0.2) is 38.4 Å². The van der Waals surface area contributed by atoms with Gasteiger partial charge in [0.1, 0.15) is 18.1 Å². The molecule has 0 fully saturated rings. The van der Waals surface area contributed by atoms with Crippen LogP contribution in [0, 0.1) is 0 Å². The number of aliphatic imine (C=N–C) groups is 1. The summed E-state index contributed by atoms with van der Waals surface area (Å²) in [4.78, 5) is 15.1. The summed E-state index contributed by atoms with van der Waals surface area (Å²) < 4.78 is 47.2. The lowest BCUT2D eigenvalue weighted by Gasteiger charge is -2.16. The molecule has 7 nitrogen and oxygen atoms in total. The van der Waals surface area contributed by atoms with Gasteiger partial charge < -0.3 is 25.4 Å². The Labute approximate surface area is 172 Å². The van der Waals surface area contributed by atoms with Crippen molar-refractivity contribution in [3.05, 3.63) is 54.1 Å². The van der Waals surface area contributed by atoms with Crippen LogP contribution in [0.3, 0.4) is 0 Å². The fraction of sp³-hybridized carbons (Fsp3) is 0.300. The zero-order valence-electron chi connectivity index (χ0n) is 16.5. The van der Waals surface area contributed by atoms with E-state index in [0.717, 1.165) is 0 Å². The highest BCUT2D eigenvalue weighted by molar-refractivity contribution is 5.88. The summed E-state index contributed by atoms with van der Waals surface area (Å²) in [5.41, 5.74) is 0.967. The molecule has 10 heteroatoms. The van der Waals surface area contributed by atoms with Gasteiger partial charge in [0.25, 0.3) is 0 Å². The number of para-hydroxylation sites is 1. The van der Waals surface area contributed by atoms with Crippen molar-refractivity contribution in [1.29, 1.82) is 0 Å². The predicted molar refractivity (Wildman–Crippen MR) is 108 cm³/mol. The Morgan fingerprint density at radius 2 is 1.87 bits per heavy atom. The molecule has 0 aliphatic heterocycles. The maximum atomic E-state index is 12.5. The lowest BCUT2D eigenvalue weighted by molar-refractivity contribution is -0.274. The molecule has 1 amide bonds. The minimum absolute atomic E-state index is 0.0888. The molecule has 2 rings (SSSR count). The van der Waals surface area contributed by atoms with Gasteiger partial charge in [-0.25, -0.2) is 0 Å². The minimum atomic E-state index is -4.76. The second-order valence-corrected chi connectivity index (χ2v) is 6.07. The molecule has 2 aromatic rings.